The molecule has 0 heterocycles. The average Bonchev–Trinajstić information content (AvgIpc) is 2.73. The number of ether oxygens (including phenoxy) is 2. The fourth-order valence-corrected chi connectivity index (χ4v) is 2.97. The van der Waals surface area contributed by atoms with Gasteiger partial charge in [-0.1, -0.05) is 30.2 Å². The highest BCUT2D eigenvalue weighted by Crippen LogP contribution is 2.23. The summed E-state index contributed by atoms with van der Waals surface area (Å²) in [6.07, 6.45) is 5.93. The Morgan fingerprint density at radius 1 is 1.21 bits per heavy atom. The van der Waals surface area contributed by atoms with Crippen molar-refractivity contribution in [1.82, 2.24) is 10.2 Å². The number of carbonyl (C=O) groups is 1. The van der Waals surface area contributed by atoms with Crippen LogP contribution in [0, 0.1) is 12.3 Å². The molecule has 5 nitrogen and oxygen atoms in total. The smallest absolute Gasteiger partial charge is 0.317 e. The first kappa shape index (κ1) is 21.2. The topological polar surface area (TPSA) is 50.8 Å². The summed E-state index contributed by atoms with van der Waals surface area (Å²) in [5.41, 5.74) is 2.16. The molecule has 1 N–H and O–H groups in total. The van der Waals surface area contributed by atoms with Gasteiger partial charge in [-0.15, -0.1) is 6.42 Å². The van der Waals surface area contributed by atoms with Crippen LogP contribution in [0.15, 0.2) is 48.5 Å². The molecule has 5 heteroatoms. The van der Waals surface area contributed by atoms with Crippen LogP contribution in [0.5, 0.6) is 11.5 Å². The molecule has 28 heavy (non-hydrogen) atoms. The van der Waals surface area contributed by atoms with Crippen molar-refractivity contribution in [2.45, 2.75) is 26.3 Å². The first-order chi connectivity index (χ1) is 13.6. The fraction of sp³-hybridized carbons (Fsp3) is 0.348. The van der Waals surface area contributed by atoms with Crippen LogP contribution in [0.2, 0.25) is 0 Å². The minimum atomic E-state index is -0.0770. The summed E-state index contributed by atoms with van der Waals surface area (Å²) in [6, 6.07) is 15.4. The normalized spacial score (nSPS) is 11.2. The molecule has 2 aromatic carbocycles. The predicted octanol–water partition coefficient (Wildman–Crippen LogP) is 4.04. The molecule has 0 aromatic heterocycles. The summed E-state index contributed by atoms with van der Waals surface area (Å²) in [7, 11) is 1.64. The lowest BCUT2D eigenvalue weighted by Crippen LogP contribution is -2.42. The van der Waals surface area contributed by atoms with Crippen LogP contribution >= 0.6 is 0 Å². The van der Waals surface area contributed by atoms with Gasteiger partial charge in [0.25, 0.3) is 0 Å². The fourth-order valence-electron chi connectivity index (χ4n) is 2.97. The molecule has 0 aliphatic carbocycles. The second kappa shape index (κ2) is 10.9. The standard InChI is InChI=1S/C23H28N2O3/c1-5-16-28-21-12-10-19(11-13-21)14-15-24-23(26)25(6-2)18(3)20-8-7-9-22(17-20)27-4/h1,7-13,17-18H,6,14-16H2,2-4H3,(H,24,26). The molecule has 0 aliphatic heterocycles. The second-order valence-corrected chi connectivity index (χ2v) is 6.36. The molecule has 0 spiro atoms. The van der Waals surface area contributed by atoms with Gasteiger partial charge >= 0.3 is 6.03 Å². The van der Waals surface area contributed by atoms with Crippen LogP contribution in [0.25, 0.3) is 0 Å². The van der Waals surface area contributed by atoms with Gasteiger partial charge in [-0.2, -0.15) is 0 Å². The van der Waals surface area contributed by atoms with Crippen LogP contribution in [0.3, 0.4) is 0 Å². The molecule has 0 radical (unpaired) electrons. The third-order valence-corrected chi connectivity index (χ3v) is 4.58. The van der Waals surface area contributed by atoms with Crippen molar-refractivity contribution in [1.29, 1.82) is 0 Å². The zero-order valence-electron chi connectivity index (χ0n) is 16.8. The molecule has 0 fully saturated rings. The van der Waals surface area contributed by atoms with Crippen molar-refractivity contribution >= 4 is 6.03 Å². The van der Waals surface area contributed by atoms with E-state index in [2.05, 4.69) is 11.2 Å². The van der Waals surface area contributed by atoms with Crippen molar-refractivity contribution in [3.8, 4) is 23.8 Å². The third kappa shape index (κ3) is 5.95. The van der Waals surface area contributed by atoms with E-state index in [0.717, 1.165) is 29.0 Å². The average molecular weight is 380 g/mol. The number of carbonyl (C=O) groups excluding carboxylic acids is 1. The van der Waals surface area contributed by atoms with Gasteiger partial charge in [0.05, 0.1) is 13.2 Å². The zero-order valence-corrected chi connectivity index (χ0v) is 16.8. The number of terminal acetylenes is 1. The van der Waals surface area contributed by atoms with Crippen molar-refractivity contribution in [2.24, 2.45) is 0 Å². The minimum Gasteiger partial charge on any atom is -0.497 e. The second-order valence-electron chi connectivity index (χ2n) is 6.36. The first-order valence-electron chi connectivity index (χ1n) is 9.42. The Hall–Kier alpha value is -3.13. The van der Waals surface area contributed by atoms with Gasteiger partial charge in [-0.25, -0.2) is 4.79 Å². The van der Waals surface area contributed by atoms with Crippen molar-refractivity contribution in [2.75, 3.05) is 26.8 Å². The molecule has 0 aliphatic rings. The maximum atomic E-state index is 12.7. The van der Waals surface area contributed by atoms with E-state index in [4.69, 9.17) is 15.9 Å². The Balaban J connectivity index is 1.88. The summed E-state index contributed by atoms with van der Waals surface area (Å²) in [6.45, 7) is 5.43. The maximum absolute atomic E-state index is 12.7. The molecule has 2 amide bonds. The number of nitrogens with one attached hydrogen (secondary N) is 1. The summed E-state index contributed by atoms with van der Waals surface area (Å²) < 4.78 is 10.6. The van der Waals surface area contributed by atoms with Crippen LogP contribution < -0.4 is 14.8 Å². The lowest BCUT2D eigenvalue weighted by Gasteiger charge is -2.28. The number of hydrogen-bond donors (Lipinski definition) is 1. The third-order valence-electron chi connectivity index (χ3n) is 4.58. The maximum Gasteiger partial charge on any atom is 0.317 e. The summed E-state index contributed by atoms with van der Waals surface area (Å²) >= 11 is 0. The number of benzene rings is 2. The molecule has 1 atom stereocenters. The number of urea groups is 1. The Morgan fingerprint density at radius 2 is 1.96 bits per heavy atom. The van der Waals surface area contributed by atoms with Crippen LogP contribution in [0.1, 0.15) is 31.0 Å². The monoisotopic (exact) mass is 380 g/mol. The summed E-state index contributed by atoms with van der Waals surface area (Å²) in [5.74, 6) is 3.97. The first-order valence-corrected chi connectivity index (χ1v) is 9.42. The number of amides is 2. The van der Waals surface area contributed by atoms with Crippen molar-refractivity contribution in [3.63, 3.8) is 0 Å². The number of nitrogens with zero attached hydrogens (tertiary/aromatic N) is 1. The predicted molar refractivity (Wildman–Crippen MR) is 112 cm³/mol. The molecular formula is C23H28N2O3. The molecule has 2 rings (SSSR count). The number of rotatable bonds is 9. The summed E-state index contributed by atoms with van der Waals surface area (Å²) in [4.78, 5) is 14.5. The number of methoxy groups -OCH3 is 1. The van der Waals surface area contributed by atoms with E-state index in [1.54, 1.807) is 7.11 Å². The van der Waals surface area contributed by atoms with Gasteiger partial charge in [0, 0.05) is 13.1 Å². The molecule has 148 valence electrons. The highest BCUT2D eigenvalue weighted by molar-refractivity contribution is 5.74. The lowest BCUT2D eigenvalue weighted by atomic mass is 10.1. The highest BCUT2D eigenvalue weighted by Gasteiger charge is 2.19. The van der Waals surface area contributed by atoms with Gasteiger partial charge < -0.3 is 19.7 Å². The Labute approximate surface area is 167 Å². The summed E-state index contributed by atoms with van der Waals surface area (Å²) in [5, 5.41) is 3.01. The SMILES string of the molecule is C#CCOc1ccc(CCNC(=O)N(CC)C(C)c2cccc(OC)c2)cc1. The van der Waals surface area contributed by atoms with Crippen LogP contribution in [-0.2, 0) is 6.42 Å². The Morgan fingerprint density at radius 3 is 2.61 bits per heavy atom. The van der Waals surface area contributed by atoms with Crippen molar-refractivity contribution < 1.29 is 14.3 Å². The Bertz CT molecular complexity index is 796. The quantitative estimate of drug-likeness (QED) is 0.668. The zero-order chi connectivity index (χ0) is 20.4. The molecule has 1 unspecified atom stereocenters. The molecule has 2 aromatic rings. The van der Waals surface area contributed by atoms with E-state index in [1.807, 2.05) is 67.3 Å². The largest absolute Gasteiger partial charge is 0.497 e. The van der Waals surface area contributed by atoms with E-state index in [-0.39, 0.29) is 18.7 Å². The lowest BCUT2D eigenvalue weighted by molar-refractivity contribution is 0.183. The van der Waals surface area contributed by atoms with E-state index in [1.165, 1.54) is 0 Å². The van der Waals surface area contributed by atoms with Gasteiger partial charge in [0.15, 0.2) is 0 Å². The highest BCUT2D eigenvalue weighted by atomic mass is 16.5. The van der Waals surface area contributed by atoms with Gasteiger partial charge in [-0.3, -0.25) is 0 Å². The van der Waals surface area contributed by atoms with Gasteiger partial charge in [-0.05, 0) is 55.7 Å². The van der Waals surface area contributed by atoms with E-state index >= 15 is 0 Å². The van der Waals surface area contributed by atoms with Gasteiger partial charge in [0.2, 0.25) is 0 Å². The number of hydrogen-bond acceptors (Lipinski definition) is 3. The van der Waals surface area contributed by atoms with E-state index in [0.29, 0.717) is 13.1 Å². The van der Waals surface area contributed by atoms with E-state index < -0.39 is 0 Å². The molecular weight excluding hydrogens is 352 g/mol. The van der Waals surface area contributed by atoms with Crippen LogP contribution in [-0.4, -0.2) is 37.7 Å². The van der Waals surface area contributed by atoms with Gasteiger partial charge in [0.1, 0.15) is 18.1 Å². The Kier molecular flexibility index (Phi) is 8.23. The molecule has 0 saturated carbocycles. The van der Waals surface area contributed by atoms with E-state index in [9.17, 15) is 4.79 Å². The molecule has 0 bridgehead atoms. The molecule has 0 saturated heterocycles. The minimum absolute atomic E-state index is 0.0484. The van der Waals surface area contributed by atoms with Crippen molar-refractivity contribution in [3.05, 3.63) is 59.7 Å². The van der Waals surface area contributed by atoms with Crippen LogP contribution in [0.4, 0.5) is 4.79 Å².